The van der Waals surface area contributed by atoms with Crippen molar-refractivity contribution >= 4 is 5.91 Å². The van der Waals surface area contributed by atoms with Crippen LogP contribution >= 0.6 is 0 Å². The summed E-state index contributed by atoms with van der Waals surface area (Å²) < 4.78 is 44.7. The first-order valence-electron chi connectivity index (χ1n) is 8.70. The SMILES string of the molecule is CCNC(=O)c1nnc(-c2cccc(C(F)(F)F)c2)nc1Oc1ccc(C#N)cc1. The lowest BCUT2D eigenvalue weighted by molar-refractivity contribution is -0.137. The maximum Gasteiger partial charge on any atom is 0.416 e. The van der Waals surface area contributed by atoms with Crippen LogP contribution in [0.1, 0.15) is 28.5 Å². The molecule has 1 amide bonds. The van der Waals surface area contributed by atoms with Crippen LogP contribution in [0.5, 0.6) is 11.6 Å². The van der Waals surface area contributed by atoms with Crippen LogP contribution in [0.2, 0.25) is 0 Å². The monoisotopic (exact) mass is 413 g/mol. The van der Waals surface area contributed by atoms with Gasteiger partial charge in [-0.05, 0) is 43.3 Å². The average Bonchev–Trinajstić information content (AvgIpc) is 2.74. The van der Waals surface area contributed by atoms with Gasteiger partial charge in [0.1, 0.15) is 5.75 Å². The topological polar surface area (TPSA) is 101 Å². The third-order valence-electron chi connectivity index (χ3n) is 3.85. The van der Waals surface area contributed by atoms with Crippen LogP contribution in [-0.4, -0.2) is 27.6 Å². The molecule has 0 saturated carbocycles. The zero-order valence-corrected chi connectivity index (χ0v) is 15.6. The summed E-state index contributed by atoms with van der Waals surface area (Å²) in [5.41, 5.74) is -0.635. The summed E-state index contributed by atoms with van der Waals surface area (Å²) in [7, 11) is 0. The fraction of sp³-hybridized carbons (Fsp3) is 0.150. The first kappa shape index (κ1) is 20.7. The predicted molar refractivity (Wildman–Crippen MR) is 99.5 cm³/mol. The molecule has 0 radical (unpaired) electrons. The molecule has 3 rings (SSSR count). The number of carbonyl (C=O) groups excluding carboxylic acids is 1. The summed E-state index contributed by atoms with van der Waals surface area (Å²) in [5, 5.41) is 19.0. The number of nitrogens with one attached hydrogen (secondary N) is 1. The fourth-order valence-corrected chi connectivity index (χ4v) is 2.44. The first-order valence-corrected chi connectivity index (χ1v) is 8.70. The maximum atomic E-state index is 13.0. The van der Waals surface area contributed by atoms with Crippen molar-refractivity contribution in [3.05, 3.63) is 65.4 Å². The molecule has 2 aromatic carbocycles. The molecule has 0 bridgehead atoms. The molecule has 0 saturated heterocycles. The largest absolute Gasteiger partial charge is 0.437 e. The second-order valence-corrected chi connectivity index (χ2v) is 5.97. The molecule has 0 unspecified atom stereocenters. The number of carbonyl (C=O) groups is 1. The molecular weight excluding hydrogens is 399 g/mol. The van der Waals surface area contributed by atoms with Gasteiger partial charge in [-0.1, -0.05) is 12.1 Å². The fourth-order valence-electron chi connectivity index (χ4n) is 2.44. The lowest BCUT2D eigenvalue weighted by Crippen LogP contribution is -2.25. The Morgan fingerprint density at radius 1 is 1.17 bits per heavy atom. The molecule has 0 aliphatic heterocycles. The number of amides is 1. The molecule has 0 atom stereocenters. The zero-order valence-electron chi connectivity index (χ0n) is 15.6. The van der Waals surface area contributed by atoms with Crippen molar-refractivity contribution in [2.75, 3.05) is 6.54 Å². The molecular formula is C20H14F3N5O2. The summed E-state index contributed by atoms with van der Waals surface area (Å²) in [6, 6.07) is 12.4. The molecule has 152 valence electrons. The average molecular weight is 413 g/mol. The van der Waals surface area contributed by atoms with Gasteiger partial charge in [0.2, 0.25) is 5.69 Å². The number of halogens is 3. The Bertz CT molecular complexity index is 1110. The van der Waals surface area contributed by atoms with Gasteiger partial charge in [0.15, 0.2) is 5.82 Å². The van der Waals surface area contributed by atoms with Gasteiger partial charge in [-0.25, -0.2) is 0 Å². The lowest BCUT2D eigenvalue weighted by atomic mass is 10.1. The van der Waals surface area contributed by atoms with E-state index >= 15 is 0 Å². The molecule has 0 spiro atoms. The molecule has 7 nitrogen and oxygen atoms in total. The van der Waals surface area contributed by atoms with Crippen molar-refractivity contribution < 1.29 is 22.7 Å². The first-order chi connectivity index (χ1) is 14.3. The zero-order chi connectivity index (χ0) is 21.7. The summed E-state index contributed by atoms with van der Waals surface area (Å²) in [5.74, 6) is -0.711. The Morgan fingerprint density at radius 2 is 1.90 bits per heavy atom. The second kappa shape index (κ2) is 8.57. The number of alkyl halides is 3. The summed E-state index contributed by atoms with van der Waals surface area (Å²) >= 11 is 0. The van der Waals surface area contributed by atoms with Gasteiger partial charge in [0.25, 0.3) is 11.8 Å². The lowest BCUT2D eigenvalue weighted by Gasteiger charge is -2.11. The van der Waals surface area contributed by atoms with Crippen molar-refractivity contribution in [2.24, 2.45) is 0 Å². The van der Waals surface area contributed by atoms with Crippen molar-refractivity contribution in [2.45, 2.75) is 13.1 Å². The van der Waals surface area contributed by atoms with E-state index in [9.17, 15) is 18.0 Å². The highest BCUT2D eigenvalue weighted by Gasteiger charge is 2.31. The second-order valence-electron chi connectivity index (χ2n) is 5.97. The molecule has 1 aromatic heterocycles. The number of nitriles is 1. The summed E-state index contributed by atoms with van der Waals surface area (Å²) in [6.07, 6.45) is -4.54. The van der Waals surface area contributed by atoms with Crippen LogP contribution < -0.4 is 10.1 Å². The third-order valence-corrected chi connectivity index (χ3v) is 3.85. The van der Waals surface area contributed by atoms with Crippen LogP contribution in [0.4, 0.5) is 13.2 Å². The van der Waals surface area contributed by atoms with E-state index in [-0.39, 0.29) is 28.7 Å². The minimum atomic E-state index is -4.54. The van der Waals surface area contributed by atoms with E-state index in [1.165, 1.54) is 36.4 Å². The highest BCUT2D eigenvalue weighted by atomic mass is 19.4. The van der Waals surface area contributed by atoms with Gasteiger partial charge in [0.05, 0.1) is 17.2 Å². The van der Waals surface area contributed by atoms with E-state index in [2.05, 4.69) is 20.5 Å². The Morgan fingerprint density at radius 3 is 2.53 bits per heavy atom. The van der Waals surface area contributed by atoms with E-state index < -0.39 is 17.6 Å². The van der Waals surface area contributed by atoms with Gasteiger partial charge < -0.3 is 10.1 Å². The number of benzene rings is 2. The quantitative estimate of drug-likeness (QED) is 0.679. The minimum Gasteiger partial charge on any atom is -0.437 e. The Balaban J connectivity index is 2.04. The third kappa shape index (κ3) is 4.70. The van der Waals surface area contributed by atoms with Gasteiger partial charge in [-0.2, -0.15) is 23.4 Å². The maximum absolute atomic E-state index is 13.0. The number of aromatic nitrogens is 3. The summed E-state index contributed by atoms with van der Waals surface area (Å²) in [6.45, 7) is 2.02. The standard InChI is InChI=1S/C20H14F3N5O2/c1-2-25-18(29)16-19(30-15-8-6-12(11-24)7-9-15)26-17(28-27-16)13-4-3-5-14(10-13)20(21,22)23/h3-10H,2H2,1H3,(H,25,29). The number of hydrogen-bond acceptors (Lipinski definition) is 6. The molecule has 1 N–H and O–H groups in total. The normalized spacial score (nSPS) is 10.9. The van der Waals surface area contributed by atoms with Gasteiger partial charge in [-0.3, -0.25) is 4.79 Å². The Labute approximate surface area is 169 Å². The van der Waals surface area contributed by atoms with Gasteiger partial charge in [0, 0.05) is 12.1 Å². The Hall–Kier alpha value is -4.00. The molecule has 30 heavy (non-hydrogen) atoms. The van der Waals surface area contributed by atoms with Crippen LogP contribution in [0, 0.1) is 11.3 Å². The van der Waals surface area contributed by atoms with E-state index in [1.807, 2.05) is 6.07 Å². The number of nitrogens with zero attached hydrogens (tertiary/aromatic N) is 4. The number of ether oxygens (including phenoxy) is 1. The molecule has 0 aliphatic rings. The van der Waals surface area contributed by atoms with Crippen molar-refractivity contribution in [3.8, 4) is 29.1 Å². The summed E-state index contributed by atoms with van der Waals surface area (Å²) in [4.78, 5) is 16.4. The van der Waals surface area contributed by atoms with Crippen molar-refractivity contribution in [3.63, 3.8) is 0 Å². The van der Waals surface area contributed by atoms with Crippen LogP contribution in [0.15, 0.2) is 48.5 Å². The number of rotatable bonds is 5. The number of hydrogen-bond donors (Lipinski definition) is 1. The minimum absolute atomic E-state index is 0.0597. The predicted octanol–water partition coefficient (Wildman–Crippen LogP) is 3.97. The van der Waals surface area contributed by atoms with Crippen LogP contribution in [-0.2, 0) is 6.18 Å². The highest BCUT2D eigenvalue weighted by Crippen LogP contribution is 2.32. The molecule has 0 aliphatic carbocycles. The van der Waals surface area contributed by atoms with E-state index in [0.717, 1.165) is 12.1 Å². The molecule has 3 aromatic rings. The van der Waals surface area contributed by atoms with Crippen molar-refractivity contribution in [1.82, 2.24) is 20.5 Å². The van der Waals surface area contributed by atoms with Crippen molar-refractivity contribution in [1.29, 1.82) is 5.26 Å². The Kier molecular flexibility index (Phi) is 5.92. The van der Waals surface area contributed by atoms with E-state index in [0.29, 0.717) is 12.1 Å². The van der Waals surface area contributed by atoms with Crippen LogP contribution in [0.25, 0.3) is 11.4 Å². The van der Waals surface area contributed by atoms with Gasteiger partial charge in [-0.15, -0.1) is 10.2 Å². The smallest absolute Gasteiger partial charge is 0.416 e. The van der Waals surface area contributed by atoms with E-state index in [4.69, 9.17) is 10.00 Å². The molecule has 10 heteroatoms. The van der Waals surface area contributed by atoms with E-state index in [1.54, 1.807) is 6.92 Å². The van der Waals surface area contributed by atoms with Gasteiger partial charge >= 0.3 is 6.18 Å². The highest BCUT2D eigenvalue weighted by molar-refractivity contribution is 5.94. The van der Waals surface area contributed by atoms with Crippen LogP contribution in [0.3, 0.4) is 0 Å². The molecule has 0 fully saturated rings. The molecule has 1 heterocycles.